The fourth-order valence-electron chi connectivity index (χ4n) is 0.210. The molecule has 0 aromatic heterocycles. The van der Waals surface area contributed by atoms with E-state index in [4.69, 9.17) is 15.0 Å². The van der Waals surface area contributed by atoms with Gasteiger partial charge in [0, 0.05) is 0 Å². The third-order valence-electron chi connectivity index (χ3n) is 0.473. The maximum atomic E-state index is 9.87. The van der Waals surface area contributed by atoms with Gasteiger partial charge in [0.05, 0.1) is 19.1 Å². The summed E-state index contributed by atoms with van der Waals surface area (Å²) >= 11 is 0. The molecule has 0 heterocycles. The molecule has 0 aliphatic heterocycles. The molecule has 0 aromatic rings. The van der Waals surface area contributed by atoms with Crippen molar-refractivity contribution in [3.05, 3.63) is 0 Å². The van der Waals surface area contributed by atoms with Crippen LogP contribution in [0.25, 0.3) is 0 Å². The van der Waals surface area contributed by atoms with Crippen LogP contribution in [0, 0.1) is 11.3 Å². The molecule has 0 fully saturated rings. The third kappa shape index (κ3) is 12.0. The van der Waals surface area contributed by atoms with Crippen LogP contribution in [0.3, 0.4) is 0 Å². The summed E-state index contributed by atoms with van der Waals surface area (Å²) in [6.45, 7) is -0.221. The summed E-state index contributed by atoms with van der Waals surface area (Å²) in [7, 11) is -4.35. The Morgan fingerprint density at radius 2 is 2.10 bits per heavy atom. The number of phosphoric ester groups is 1. The Kier molecular flexibility index (Phi) is 9.55. The van der Waals surface area contributed by atoms with Gasteiger partial charge in [-0.3, -0.25) is 4.52 Å². The summed E-state index contributed by atoms with van der Waals surface area (Å²) in [4.78, 5) is 16.0. The second-order valence-corrected chi connectivity index (χ2v) is 2.47. The summed E-state index contributed by atoms with van der Waals surface area (Å²) in [6.07, 6.45) is -0.00882. The van der Waals surface area contributed by atoms with Gasteiger partial charge >= 0.3 is 59.2 Å². The number of nitriles is 1. The van der Waals surface area contributed by atoms with E-state index in [2.05, 4.69) is 4.52 Å². The van der Waals surface area contributed by atoms with Gasteiger partial charge in [-0.15, -0.1) is 0 Å². The van der Waals surface area contributed by atoms with Crippen molar-refractivity contribution in [2.75, 3.05) is 6.61 Å². The van der Waals surface area contributed by atoms with Crippen molar-refractivity contribution in [3.63, 3.8) is 0 Å². The van der Waals surface area contributed by atoms with E-state index in [1.807, 2.05) is 0 Å². The molecule has 0 radical (unpaired) electrons. The van der Waals surface area contributed by atoms with E-state index < -0.39 is 7.82 Å². The second-order valence-electron chi connectivity index (χ2n) is 1.23. The number of nitrogens with zero attached hydrogens (tertiary/aromatic N) is 1. The quantitative estimate of drug-likeness (QED) is 0.352. The normalized spacial score (nSPS) is 9.70. The van der Waals surface area contributed by atoms with Crippen molar-refractivity contribution in [2.45, 2.75) is 6.42 Å². The Bertz CT molecular complexity index is 160. The summed E-state index contributed by atoms with van der Waals surface area (Å²) in [5.41, 5.74) is 0. The van der Waals surface area contributed by atoms with E-state index in [-0.39, 0.29) is 64.4 Å². The van der Waals surface area contributed by atoms with Gasteiger partial charge in [-0.2, -0.15) is 5.26 Å². The van der Waals surface area contributed by atoms with Crippen LogP contribution in [0.4, 0.5) is 0 Å². The third-order valence-corrected chi connectivity index (χ3v) is 0.992. The zero-order chi connectivity index (χ0) is 7.33. The molecule has 2 N–H and O–H groups in total. The standard InChI is InChI=1S/C3H6NO4P.K.H/c4-2-1-3-8-9(5,6)7;;/h1,3H2,(H2,5,6,7);;. The van der Waals surface area contributed by atoms with Crippen LogP contribution in [0.2, 0.25) is 0 Å². The van der Waals surface area contributed by atoms with Crippen molar-refractivity contribution in [1.29, 1.82) is 5.26 Å². The monoisotopic (exact) mass is 191 g/mol. The summed E-state index contributed by atoms with van der Waals surface area (Å²) in [5, 5.41) is 7.88. The molecule has 10 heavy (non-hydrogen) atoms. The molecule has 0 amide bonds. The molecule has 0 rings (SSSR count). The Labute approximate surface area is 101 Å². The van der Waals surface area contributed by atoms with Crippen LogP contribution in [0.15, 0.2) is 0 Å². The van der Waals surface area contributed by atoms with Crippen LogP contribution < -0.4 is 0 Å². The molecule has 0 saturated carbocycles. The SMILES string of the molecule is N#CCCOP(=O)(O)O.[KH]. The summed E-state index contributed by atoms with van der Waals surface area (Å²) in [6, 6.07) is 1.67. The van der Waals surface area contributed by atoms with Crippen molar-refractivity contribution < 1.29 is 18.9 Å². The van der Waals surface area contributed by atoms with Gasteiger partial charge in [-0.05, 0) is 0 Å². The molecule has 0 saturated heterocycles. The van der Waals surface area contributed by atoms with Gasteiger partial charge in [0.1, 0.15) is 0 Å². The number of hydrogen-bond acceptors (Lipinski definition) is 3. The molecule has 0 aromatic carbocycles. The zero-order valence-corrected chi connectivity index (χ0v) is 5.41. The zero-order valence-electron chi connectivity index (χ0n) is 4.52. The first-order valence-electron chi connectivity index (χ1n) is 2.13. The fraction of sp³-hybridized carbons (Fsp3) is 0.667. The molecule has 54 valence electrons. The molecule has 0 aliphatic carbocycles. The molecule has 7 heteroatoms. The number of rotatable bonds is 3. The summed E-state index contributed by atoms with van der Waals surface area (Å²) < 4.78 is 13.8. The topological polar surface area (TPSA) is 90.5 Å². The first-order chi connectivity index (χ1) is 4.06. The van der Waals surface area contributed by atoms with E-state index in [0.29, 0.717) is 0 Å². The van der Waals surface area contributed by atoms with Gasteiger partial charge in [-0.1, -0.05) is 0 Å². The average molecular weight is 191 g/mol. The fourth-order valence-corrected chi connectivity index (χ4v) is 0.539. The summed E-state index contributed by atoms with van der Waals surface area (Å²) in [5.74, 6) is 0. The minimum atomic E-state index is -4.35. The first-order valence-corrected chi connectivity index (χ1v) is 3.66. The van der Waals surface area contributed by atoms with E-state index in [9.17, 15) is 4.57 Å². The van der Waals surface area contributed by atoms with Gasteiger partial charge in [0.15, 0.2) is 0 Å². The Balaban J connectivity index is 0. The molecule has 0 spiro atoms. The van der Waals surface area contributed by atoms with Gasteiger partial charge in [0.25, 0.3) is 0 Å². The van der Waals surface area contributed by atoms with Crippen LogP contribution >= 0.6 is 7.82 Å². The molecule has 0 atom stereocenters. The van der Waals surface area contributed by atoms with Crippen molar-refractivity contribution >= 4 is 59.2 Å². The van der Waals surface area contributed by atoms with E-state index in [1.54, 1.807) is 6.07 Å². The first kappa shape index (κ1) is 13.8. The van der Waals surface area contributed by atoms with Gasteiger partial charge in [0.2, 0.25) is 0 Å². The molecular weight excluding hydrogens is 184 g/mol. The van der Waals surface area contributed by atoms with E-state index >= 15 is 0 Å². The maximum absolute atomic E-state index is 9.87. The van der Waals surface area contributed by atoms with Crippen LogP contribution in [0.1, 0.15) is 6.42 Å². The van der Waals surface area contributed by atoms with Crippen LogP contribution in [0.5, 0.6) is 0 Å². The molecular formula is C3H7KNO4P. The van der Waals surface area contributed by atoms with Gasteiger partial charge in [-0.25, -0.2) is 4.57 Å². The molecule has 0 unspecified atom stereocenters. The predicted molar refractivity (Wildman–Crippen MR) is 35.4 cm³/mol. The van der Waals surface area contributed by atoms with Crippen LogP contribution in [-0.4, -0.2) is 67.8 Å². The molecule has 0 bridgehead atoms. The van der Waals surface area contributed by atoms with E-state index in [0.717, 1.165) is 0 Å². The van der Waals surface area contributed by atoms with Crippen molar-refractivity contribution in [2.24, 2.45) is 0 Å². The van der Waals surface area contributed by atoms with Gasteiger partial charge < -0.3 is 9.79 Å². The Morgan fingerprint density at radius 3 is 2.40 bits per heavy atom. The number of phosphoric acid groups is 1. The average Bonchev–Trinajstić information content (AvgIpc) is 1.63. The van der Waals surface area contributed by atoms with Crippen molar-refractivity contribution in [1.82, 2.24) is 0 Å². The Hall–Kier alpha value is 1.24. The Morgan fingerprint density at radius 1 is 1.60 bits per heavy atom. The van der Waals surface area contributed by atoms with E-state index in [1.165, 1.54) is 0 Å². The van der Waals surface area contributed by atoms with Crippen molar-refractivity contribution in [3.8, 4) is 6.07 Å². The number of hydrogen-bond donors (Lipinski definition) is 2. The van der Waals surface area contributed by atoms with Crippen LogP contribution in [-0.2, 0) is 9.09 Å². The minimum absolute atomic E-state index is 0. The predicted octanol–water partition coefficient (Wildman–Crippen LogP) is -0.639. The second kappa shape index (κ2) is 6.92. The molecule has 0 aliphatic rings. The molecule has 5 nitrogen and oxygen atoms in total.